The molecule has 2 rings (SSSR count). The van der Waals surface area contributed by atoms with E-state index >= 15 is 0 Å². The summed E-state index contributed by atoms with van der Waals surface area (Å²) in [6.45, 7) is 6.10. The first-order chi connectivity index (χ1) is 18.5. The van der Waals surface area contributed by atoms with Crippen molar-refractivity contribution in [2.24, 2.45) is 38.8 Å². The first-order valence-corrected chi connectivity index (χ1v) is 13.7. The Morgan fingerprint density at radius 1 is 1.03 bits per heavy atom. The lowest BCUT2D eigenvalue weighted by molar-refractivity contribution is -0.127. The molecule has 1 fully saturated rings. The summed E-state index contributed by atoms with van der Waals surface area (Å²) in [6.07, 6.45) is 7.73. The zero-order chi connectivity index (χ0) is 29.6. The highest BCUT2D eigenvalue weighted by Crippen LogP contribution is 2.24. The molecular formula is C24H44N10O4S. The molecule has 14 nitrogen and oxygen atoms in total. The number of rotatable bonds is 13. The summed E-state index contributed by atoms with van der Waals surface area (Å²) in [6, 6.07) is -0.815. The molecular weight excluding hydrogens is 524 g/mol. The van der Waals surface area contributed by atoms with Crippen molar-refractivity contribution in [3.8, 4) is 0 Å². The number of nitrogens with one attached hydrogen (secondary N) is 3. The Kier molecular flexibility index (Phi) is 19.2. The number of hydrogen-bond acceptors (Lipinski definition) is 8. The maximum Gasteiger partial charge on any atom is 0.239 e. The van der Waals surface area contributed by atoms with E-state index in [1.807, 2.05) is 6.92 Å². The molecule has 0 saturated heterocycles. The van der Waals surface area contributed by atoms with Gasteiger partial charge >= 0.3 is 0 Å². The van der Waals surface area contributed by atoms with E-state index in [1.165, 1.54) is 43.7 Å². The minimum Gasteiger partial charge on any atom is -0.370 e. The second kappa shape index (κ2) is 21.2. The van der Waals surface area contributed by atoms with E-state index in [4.69, 9.17) is 22.9 Å². The van der Waals surface area contributed by atoms with Gasteiger partial charge in [-0.25, -0.2) is 4.98 Å². The Bertz CT molecular complexity index is 925. The van der Waals surface area contributed by atoms with Crippen molar-refractivity contribution in [2.45, 2.75) is 65.3 Å². The molecule has 3 amide bonds. The molecule has 1 aliphatic rings. The highest BCUT2D eigenvalue weighted by molar-refractivity contribution is 7.11. The lowest BCUT2D eigenvalue weighted by atomic mass is 9.88. The predicted molar refractivity (Wildman–Crippen MR) is 154 cm³/mol. The van der Waals surface area contributed by atoms with Gasteiger partial charge < -0.3 is 38.9 Å². The topological polar surface area (TPSA) is 246 Å². The fraction of sp³-hybridized carbons (Fsp3) is 0.625. The van der Waals surface area contributed by atoms with E-state index in [2.05, 4.69) is 37.8 Å². The van der Waals surface area contributed by atoms with Gasteiger partial charge in [0.25, 0.3) is 0 Å². The molecule has 0 spiro atoms. The van der Waals surface area contributed by atoms with Crippen LogP contribution in [0.5, 0.6) is 0 Å². The lowest BCUT2D eigenvalue weighted by Gasteiger charge is -2.18. The molecule has 1 aromatic rings. The summed E-state index contributed by atoms with van der Waals surface area (Å²) in [5, 5.41) is 9.18. The summed E-state index contributed by atoms with van der Waals surface area (Å²) < 4.78 is 0. The molecule has 0 aliphatic heterocycles. The van der Waals surface area contributed by atoms with Crippen LogP contribution >= 0.6 is 11.3 Å². The summed E-state index contributed by atoms with van der Waals surface area (Å²) in [7, 11) is 0. The molecule has 0 aromatic carbocycles. The quantitative estimate of drug-likeness (QED) is 0.0706. The van der Waals surface area contributed by atoms with Crippen molar-refractivity contribution < 1.29 is 19.2 Å². The summed E-state index contributed by atoms with van der Waals surface area (Å²) >= 11 is 1.17. The fourth-order valence-electron chi connectivity index (χ4n) is 2.81. The lowest BCUT2D eigenvalue weighted by Crippen LogP contribution is -2.47. The second-order valence-electron chi connectivity index (χ2n) is 8.80. The molecule has 1 saturated carbocycles. The van der Waals surface area contributed by atoms with Crippen LogP contribution in [0.4, 0.5) is 0 Å². The smallest absolute Gasteiger partial charge is 0.239 e. The first kappa shape index (κ1) is 35.2. The van der Waals surface area contributed by atoms with Gasteiger partial charge in [0.05, 0.1) is 19.1 Å². The van der Waals surface area contributed by atoms with Gasteiger partial charge in [-0.1, -0.05) is 33.1 Å². The van der Waals surface area contributed by atoms with Crippen molar-refractivity contribution in [3.63, 3.8) is 0 Å². The van der Waals surface area contributed by atoms with Gasteiger partial charge in [0.2, 0.25) is 23.5 Å². The van der Waals surface area contributed by atoms with Crippen molar-refractivity contribution >= 4 is 46.8 Å². The number of carbonyl (C=O) groups excluding carboxylic acids is 4. The van der Waals surface area contributed by atoms with Gasteiger partial charge in [0.15, 0.2) is 16.9 Å². The molecule has 39 heavy (non-hydrogen) atoms. The highest BCUT2D eigenvalue weighted by Gasteiger charge is 2.23. The molecule has 0 bridgehead atoms. The van der Waals surface area contributed by atoms with Crippen molar-refractivity contribution in [2.75, 3.05) is 26.2 Å². The molecule has 11 N–H and O–H groups in total. The number of hydrogen-bond donors (Lipinski definition) is 7. The molecule has 1 aliphatic carbocycles. The Balaban J connectivity index is 0.000000982. The van der Waals surface area contributed by atoms with Crippen LogP contribution in [0.2, 0.25) is 0 Å². The fourth-order valence-corrected chi connectivity index (χ4v) is 3.44. The van der Waals surface area contributed by atoms with Crippen LogP contribution in [-0.2, 0) is 14.4 Å². The second-order valence-corrected chi connectivity index (χ2v) is 9.69. The molecule has 0 radical (unpaired) electrons. The number of amides is 3. The number of nitrogens with two attached hydrogens (primary N) is 4. The zero-order valence-electron chi connectivity index (χ0n) is 23.1. The number of carbonyl (C=O) groups is 4. The van der Waals surface area contributed by atoms with Crippen LogP contribution in [-0.4, -0.2) is 72.6 Å². The normalized spacial score (nSPS) is 12.5. The molecule has 1 unspecified atom stereocenters. The number of Topliss-reactive ketones (excluding diaryl/α,β-unsaturated/α-hetero) is 1. The molecule has 1 atom stereocenters. The Morgan fingerprint density at radius 3 is 2.05 bits per heavy atom. The van der Waals surface area contributed by atoms with Crippen LogP contribution in [0, 0.1) is 5.92 Å². The average molecular weight is 569 g/mol. The zero-order valence-corrected chi connectivity index (χ0v) is 23.9. The van der Waals surface area contributed by atoms with Crippen molar-refractivity contribution in [1.29, 1.82) is 0 Å². The maximum absolute atomic E-state index is 12.5. The molecule has 1 aromatic heterocycles. The van der Waals surface area contributed by atoms with Gasteiger partial charge in [-0.3, -0.25) is 29.2 Å². The van der Waals surface area contributed by atoms with E-state index in [9.17, 15) is 19.2 Å². The monoisotopic (exact) mass is 568 g/mol. The van der Waals surface area contributed by atoms with E-state index < -0.39 is 17.9 Å². The molecule has 220 valence electrons. The van der Waals surface area contributed by atoms with Gasteiger partial charge in [0, 0.05) is 31.6 Å². The van der Waals surface area contributed by atoms with Crippen LogP contribution < -0.4 is 38.9 Å². The van der Waals surface area contributed by atoms with Crippen LogP contribution in [0.3, 0.4) is 0 Å². The summed E-state index contributed by atoms with van der Waals surface area (Å²) in [4.78, 5) is 58.3. The first-order valence-electron chi connectivity index (χ1n) is 12.8. The van der Waals surface area contributed by atoms with Crippen molar-refractivity contribution in [3.05, 3.63) is 16.6 Å². The third-order valence-corrected chi connectivity index (χ3v) is 5.88. The third-order valence-electron chi connectivity index (χ3n) is 5.10. The SMILES string of the molecule is CC(=O)NCC(=O)NCC(=O)NC(CCCN=C(N)N)C(=O)c1nccs1.CC1CCC1.CCCN=C(N)N. The number of ketones is 1. The standard InChI is InChI=1S/C15H23N7O4S.C5H10.C4H11N3/c1-9(23)20-7-11(24)21-8-12(25)22-10(3-2-4-19-15(16)17)13(26)14-18-5-6-27-14;1-5-3-2-4-5;1-2-3-7-4(5)6/h5-6,10H,2-4,7-8H2,1H3,(H,20,23)(H,21,24)(H,22,25)(H4,16,17,19);5H,2-4H2,1H3;2-3H2,1H3,(H4,5,6,7). The maximum atomic E-state index is 12.5. The van der Waals surface area contributed by atoms with Gasteiger partial charge in [-0.05, 0) is 25.2 Å². The Hall–Kier alpha value is -3.75. The van der Waals surface area contributed by atoms with Crippen LogP contribution in [0.15, 0.2) is 21.6 Å². The average Bonchev–Trinajstić information content (AvgIpc) is 3.40. The van der Waals surface area contributed by atoms with E-state index in [0.717, 1.165) is 18.9 Å². The number of thiazole rings is 1. The number of aromatic nitrogens is 1. The van der Waals surface area contributed by atoms with Gasteiger partial charge in [-0.2, -0.15) is 0 Å². The van der Waals surface area contributed by atoms with Gasteiger partial charge in [0.1, 0.15) is 0 Å². The number of aliphatic imine (C=N–C) groups is 2. The number of nitrogens with zero attached hydrogens (tertiary/aromatic N) is 3. The predicted octanol–water partition coefficient (Wildman–Crippen LogP) is -0.407. The molecule has 15 heteroatoms. The Labute approximate surface area is 233 Å². The van der Waals surface area contributed by atoms with E-state index in [0.29, 0.717) is 19.4 Å². The minimum absolute atomic E-state index is 0.0521. The van der Waals surface area contributed by atoms with Crippen LogP contribution in [0.1, 0.15) is 69.1 Å². The summed E-state index contributed by atoms with van der Waals surface area (Å²) in [5.41, 5.74) is 20.5. The van der Waals surface area contributed by atoms with Crippen molar-refractivity contribution in [1.82, 2.24) is 20.9 Å². The van der Waals surface area contributed by atoms with E-state index in [-0.39, 0.29) is 41.7 Å². The highest BCUT2D eigenvalue weighted by atomic mass is 32.1. The largest absolute Gasteiger partial charge is 0.370 e. The minimum atomic E-state index is -0.815. The van der Waals surface area contributed by atoms with Gasteiger partial charge in [-0.15, -0.1) is 11.3 Å². The number of guanidine groups is 2. The third kappa shape index (κ3) is 20.0. The summed E-state index contributed by atoms with van der Waals surface area (Å²) in [5.74, 6) is -0.545. The molecule has 1 heterocycles. The van der Waals surface area contributed by atoms with E-state index in [1.54, 1.807) is 5.38 Å². The van der Waals surface area contributed by atoms with Crippen LogP contribution in [0.25, 0.3) is 0 Å². The Morgan fingerprint density at radius 2 is 1.62 bits per heavy atom.